The number of rotatable bonds is 1. The molecule has 0 bridgehead atoms. The van der Waals surface area contributed by atoms with Gasteiger partial charge in [-0.2, -0.15) is 0 Å². The van der Waals surface area contributed by atoms with Gasteiger partial charge in [0.2, 0.25) is 0 Å². The summed E-state index contributed by atoms with van der Waals surface area (Å²) in [6.07, 6.45) is 10.5. The molecule has 2 aliphatic rings. The molecule has 0 unspecified atom stereocenters. The molecule has 1 saturated carbocycles. The standard InChI is InChI=1S/C15H26O/c1-13(2)7-5-6-12(13)14(3)8-10-15(4,16)11-9-14/h8,10,12,16H,5-7,9,11H2,1-4H3/t12-,14-,15-/m1/s1. The van der Waals surface area contributed by atoms with E-state index in [2.05, 4.69) is 26.8 Å². The second kappa shape index (κ2) is 3.60. The highest BCUT2D eigenvalue weighted by Gasteiger charge is 2.46. The Morgan fingerprint density at radius 2 is 1.69 bits per heavy atom. The fourth-order valence-electron chi connectivity index (χ4n) is 3.90. The van der Waals surface area contributed by atoms with Crippen LogP contribution in [0.4, 0.5) is 0 Å². The molecule has 0 aromatic carbocycles. The van der Waals surface area contributed by atoms with Gasteiger partial charge in [-0.05, 0) is 49.4 Å². The van der Waals surface area contributed by atoms with Gasteiger partial charge in [0.25, 0.3) is 0 Å². The van der Waals surface area contributed by atoms with Crippen LogP contribution in [0.1, 0.15) is 59.8 Å². The first-order chi connectivity index (χ1) is 7.25. The molecule has 2 rings (SSSR count). The molecule has 1 heteroatoms. The average Bonchev–Trinajstić information content (AvgIpc) is 2.52. The Kier molecular flexibility index (Phi) is 2.73. The molecule has 0 aromatic heterocycles. The summed E-state index contributed by atoms with van der Waals surface area (Å²) in [4.78, 5) is 0. The van der Waals surface area contributed by atoms with Crippen molar-refractivity contribution < 1.29 is 5.11 Å². The van der Waals surface area contributed by atoms with E-state index in [4.69, 9.17) is 0 Å². The lowest BCUT2D eigenvalue weighted by molar-refractivity contribution is 0.0433. The second-order valence-corrected chi connectivity index (χ2v) is 7.13. The van der Waals surface area contributed by atoms with E-state index in [9.17, 15) is 5.11 Å². The number of hydrogen-bond donors (Lipinski definition) is 1. The van der Waals surface area contributed by atoms with Gasteiger partial charge in [0.15, 0.2) is 0 Å². The van der Waals surface area contributed by atoms with Crippen LogP contribution in [0.15, 0.2) is 12.2 Å². The van der Waals surface area contributed by atoms with Crippen LogP contribution in [0.3, 0.4) is 0 Å². The van der Waals surface area contributed by atoms with Crippen LogP contribution in [0.25, 0.3) is 0 Å². The average molecular weight is 222 g/mol. The van der Waals surface area contributed by atoms with E-state index in [0.29, 0.717) is 10.8 Å². The van der Waals surface area contributed by atoms with E-state index in [1.165, 1.54) is 19.3 Å². The van der Waals surface area contributed by atoms with Crippen molar-refractivity contribution in [2.45, 2.75) is 65.4 Å². The highest BCUT2D eigenvalue weighted by molar-refractivity contribution is 5.14. The van der Waals surface area contributed by atoms with Gasteiger partial charge in [0.1, 0.15) is 0 Å². The minimum absolute atomic E-state index is 0.308. The molecule has 0 aliphatic heterocycles. The smallest absolute Gasteiger partial charge is 0.0800 e. The van der Waals surface area contributed by atoms with Gasteiger partial charge in [0.05, 0.1) is 5.60 Å². The Morgan fingerprint density at radius 1 is 1.00 bits per heavy atom. The maximum Gasteiger partial charge on any atom is 0.0800 e. The summed E-state index contributed by atoms with van der Waals surface area (Å²) < 4.78 is 0. The SMILES string of the molecule is CC1(C)CCC[C@H]1[C@]1(C)C=C[C@@](C)(O)CC1. The highest BCUT2D eigenvalue weighted by Crippen LogP contribution is 2.55. The number of aliphatic hydroxyl groups is 1. The van der Waals surface area contributed by atoms with Gasteiger partial charge >= 0.3 is 0 Å². The topological polar surface area (TPSA) is 20.2 Å². The van der Waals surface area contributed by atoms with Crippen molar-refractivity contribution in [2.75, 3.05) is 0 Å². The minimum atomic E-state index is -0.567. The summed E-state index contributed by atoms with van der Waals surface area (Å²) in [5, 5.41) is 9.99. The monoisotopic (exact) mass is 222 g/mol. The molecule has 0 spiro atoms. The molecular weight excluding hydrogens is 196 g/mol. The van der Waals surface area contributed by atoms with E-state index in [1.54, 1.807) is 0 Å². The predicted octanol–water partition coefficient (Wildman–Crippen LogP) is 3.92. The Hall–Kier alpha value is -0.300. The molecule has 0 amide bonds. The lowest BCUT2D eigenvalue weighted by Gasteiger charge is -2.45. The summed E-state index contributed by atoms with van der Waals surface area (Å²) in [7, 11) is 0. The Labute approximate surface area is 99.9 Å². The van der Waals surface area contributed by atoms with Crippen molar-refractivity contribution >= 4 is 0 Å². The van der Waals surface area contributed by atoms with Crippen LogP contribution < -0.4 is 0 Å². The van der Waals surface area contributed by atoms with Gasteiger partial charge in [-0.15, -0.1) is 0 Å². The fraction of sp³-hybridized carbons (Fsp3) is 0.867. The van der Waals surface area contributed by atoms with E-state index >= 15 is 0 Å². The molecule has 0 heterocycles. The number of allylic oxidation sites excluding steroid dienone is 1. The van der Waals surface area contributed by atoms with Crippen LogP contribution >= 0.6 is 0 Å². The highest BCUT2D eigenvalue weighted by atomic mass is 16.3. The molecule has 3 atom stereocenters. The van der Waals surface area contributed by atoms with E-state index < -0.39 is 5.60 Å². The molecule has 1 N–H and O–H groups in total. The van der Waals surface area contributed by atoms with Crippen LogP contribution in [-0.2, 0) is 0 Å². The first-order valence-electron chi connectivity index (χ1n) is 6.68. The predicted molar refractivity (Wildman–Crippen MR) is 68.2 cm³/mol. The van der Waals surface area contributed by atoms with Crippen molar-refractivity contribution in [2.24, 2.45) is 16.7 Å². The third kappa shape index (κ3) is 2.07. The third-order valence-corrected chi connectivity index (χ3v) is 5.05. The van der Waals surface area contributed by atoms with Crippen LogP contribution in [0.2, 0.25) is 0 Å². The molecule has 16 heavy (non-hydrogen) atoms. The Morgan fingerprint density at radius 3 is 2.12 bits per heavy atom. The Balaban J connectivity index is 2.21. The summed E-state index contributed by atoms with van der Waals surface area (Å²) in [6.45, 7) is 9.13. The zero-order valence-corrected chi connectivity index (χ0v) is 11.2. The molecule has 1 nitrogen and oxygen atoms in total. The first kappa shape index (κ1) is 12.2. The molecule has 0 aromatic rings. The molecule has 1 fully saturated rings. The lowest BCUT2D eigenvalue weighted by Crippen LogP contribution is -2.38. The lowest BCUT2D eigenvalue weighted by atomic mass is 9.61. The van der Waals surface area contributed by atoms with Gasteiger partial charge in [-0.1, -0.05) is 39.3 Å². The summed E-state index contributed by atoms with van der Waals surface area (Å²) in [6, 6.07) is 0. The molecule has 92 valence electrons. The number of hydrogen-bond acceptors (Lipinski definition) is 1. The van der Waals surface area contributed by atoms with Crippen molar-refractivity contribution in [1.82, 2.24) is 0 Å². The van der Waals surface area contributed by atoms with Crippen molar-refractivity contribution in [3.05, 3.63) is 12.2 Å². The maximum absolute atomic E-state index is 9.99. The van der Waals surface area contributed by atoms with E-state index in [-0.39, 0.29) is 0 Å². The van der Waals surface area contributed by atoms with Crippen LogP contribution in [0.5, 0.6) is 0 Å². The normalized spacial score (nSPS) is 47.2. The van der Waals surface area contributed by atoms with Crippen LogP contribution in [0, 0.1) is 16.7 Å². The molecule has 0 saturated heterocycles. The summed E-state index contributed by atoms with van der Waals surface area (Å²) in [5.41, 5.74) is 0.215. The van der Waals surface area contributed by atoms with E-state index in [0.717, 1.165) is 18.8 Å². The zero-order valence-electron chi connectivity index (χ0n) is 11.2. The molecular formula is C15H26O. The second-order valence-electron chi connectivity index (χ2n) is 7.13. The quantitative estimate of drug-likeness (QED) is 0.667. The summed E-state index contributed by atoms with van der Waals surface area (Å²) >= 11 is 0. The largest absolute Gasteiger partial charge is 0.386 e. The minimum Gasteiger partial charge on any atom is -0.386 e. The maximum atomic E-state index is 9.99. The fourth-order valence-corrected chi connectivity index (χ4v) is 3.90. The molecule has 2 aliphatic carbocycles. The van der Waals surface area contributed by atoms with Gasteiger partial charge in [-0.3, -0.25) is 0 Å². The van der Waals surface area contributed by atoms with E-state index in [1.807, 2.05) is 13.0 Å². The van der Waals surface area contributed by atoms with Gasteiger partial charge in [0, 0.05) is 0 Å². The van der Waals surface area contributed by atoms with Crippen LogP contribution in [-0.4, -0.2) is 10.7 Å². The molecule has 0 radical (unpaired) electrons. The van der Waals surface area contributed by atoms with Crippen molar-refractivity contribution in [3.8, 4) is 0 Å². The van der Waals surface area contributed by atoms with Gasteiger partial charge in [-0.25, -0.2) is 0 Å². The van der Waals surface area contributed by atoms with Crippen molar-refractivity contribution in [1.29, 1.82) is 0 Å². The summed E-state index contributed by atoms with van der Waals surface area (Å²) in [5.74, 6) is 0.785. The van der Waals surface area contributed by atoms with Crippen molar-refractivity contribution in [3.63, 3.8) is 0 Å². The van der Waals surface area contributed by atoms with Gasteiger partial charge < -0.3 is 5.11 Å². The first-order valence-corrected chi connectivity index (χ1v) is 6.68. The zero-order chi connectivity index (χ0) is 12.0. The Bertz CT molecular complexity index is 301. The third-order valence-electron chi connectivity index (χ3n) is 5.05.